The van der Waals surface area contributed by atoms with E-state index in [4.69, 9.17) is 5.26 Å². The second-order valence-electron chi connectivity index (χ2n) is 9.10. The minimum atomic E-state index is -4.78. The Morgan fingerprint density at radius 1 is 1.00 bits per heavy atom. The largest absolute Gasteiger partial charge is 0.573 e. The molecule has 40 heavy (non-hydrogen) atoms. The van der Waals surface area contributed by atoms with Gasteiger partial charge in [-0.1, -0.05) is 36.4 Å². The molecule has 12 heteroatoms. The maximum atomic E-state index is 12.9. The lowest BCUT2D eigenvalue weighted by Gasteiger charge is -2.40. The van der Waals surface area contributed by atoms with Gasteiger partial charge in [-0.25, -0.2) is 4.79 Å². The van der Waals surface area contributed by atoms with E-state index in [-0.39, 0.29) is 30.2 Å². The molecule has 1 saturated heterocycles. The fourth-order valence-corrected chi connectivity index (χ4v) is 4.62. The number of rotatable bonds is 4. The Labute approximate surface area is 234 Å². The molecule has 0 bridgehead atoms. The van der Waals surface area contributed by atoms with E-state index in [0.29, 0.717) is 30.9 Å². The van der Waals surface area contributed by atoms with Crippen LogP contribution in [0.25, 0.3) is 22.0 Å². The van der Waals surface area contributed by atoms with Crippen LogP contribution < -0.4 is 15.0 Å². The number of alkyl halides is 3. The molecule has 5 rings (SSSR count). The predicted octanol–water partition coefficient (Wildman–Crippen LogP) is 6.23. The van der Waals surface area contributed by atoms with Crippen molar-refractivity contribution in [1.82, 2.24) is 15.1 Å². The van der Waals surface area contributed by atoms with Crippen LogP contribution >= 0.6 is 12.4 Å². The Balaban J connectivity index is 0.00000370. The molecule has 0 radical (unpaired) electrons. The molecule has 1 atom stereocenters. The number of fused-ring (bicyclic) bond motifs is 1. The van der Waals surface area contributed by atoms with Gasteiger partial charge in [-0.05, 0) is 43.3 Å². The molecular weight excluding hydrogens is 545 g/mol. The zero-order valence-electron chi connectivity index (χ0n) is 21.2. The van der Waals surface area contributed by atoms with E-state index in [2.05, 4.69) is 31.2 Å². The Kier molecular flexibility index (Phi) is 8.30. The second kappa shape index (κ2) is 11.7. The lowest BCUT2D eigenvalue weighted by Crippen LogP contribution is -2.55. The SMILES string of the molecule is C[C@H]1CN(C(=O)Nc2ccc(OC(F)(F)F)cc2)CCN1c1nnc(-c2ccc(C#N)cc2)c2ccccc12.Cl. The molecule has 0 saturated carbocycles. The number of nitrogens with one attached hydrogen (secondary N) is 1. The quantitative estimate of drug-likeness (QED) is 0.313. The van der Waals surface area contributed by atoms with Gasteiger partial charge in [0, 0.05) is 47.7 Å². The Morgan fingerprint density at radius 3 is 2.30 bits per heavy atom. The maximum Gasteiger partial charge on any atom is 0.573 e. The number of nitriles is 1. The van der Waals surface area contributed by atoms with Crippen LogP contribution in [0.15, 0.2) is 72.8 Å². The average molecular weight is 569 g/mol. The summed E-state index contributed by atoms with van der Waals surface area (Å²) >= 11 is 0. The number of piperazine rings is 1. The van der Waals surface area contributed by atoms with Gasteiger partial charge in [0.25, 0.3) is 0 Å². The van der Waals surface area contributed by atoms with E-state index in [1.807, 2.05) is 43.3 Å². The van der Waals surface area contributed by atoms with Gasteiger partial charge in [0.05, 0.1) is 11.6 Å². The van der Waals surface area contributed by atoms with Crippen molar-refractivity contribution >= 4 is 40.7 Å². The van der Waals surface area contributed by atoms with Gasteiger partial charge in [0.1, 0.15) is 11.4 Å². The number of hydrogen-bond acceptors (Lipinski definition) is 6. The third-order valence-electron chi connectivity index (χ3n) is 6.48. The van der Waals surface area contributed by atoms with E-state index in [1.165, 1.54) is 12.1 Å². The molecule has 1 fully saturated rings. The van der Waals surface area contributed by atoms with Crippen LogP contribution in [0.4, 0.5) is 29.5 Å². The number of aromatic nitrogens is 2. The van der Waals surface area contributed by atoms with Crippen molar-refractivity contribution in [2.45, 2.75) is 19.3 Å². The number of urea groups is 1. The van der Waals surface area contributed by atoms with Gasteiger partial charge < -0.3 is 19.9 Å². The summed E-state index contributed by atoms with van der Waals surface area (Å²) in [5.74, 6) is 0.358. The molecule has 0 aliphatic carbocycles. The third kappa shape index (κ3) is 6.18. The molecule has 0 unspecified atom stereocenters. The highest BCUT2D eigenvalue weighted by molar-refractivity contribution is 6.00. The molecule has 4 aromatic rings. The maximum absolute atomic E-state index is 12.9. The van der Waals surface area contributed by atoms with E-state index >= 15 is 0 Å². The van der Waals surface area contributed by atoms with Gasteiger partial charge in [-0.2, -0.15) is 5.26 Å². The van der Waals surface area contributed by atoms with Gasteiger partial charge in [-0.15, -0.1) is 35.8 Å². The number of carbonyl (C=O) groups is 1. The number of carbonyl (C=O) groups excluding carboxylic acids is 1. The Hall–Kier alpha value is -4.56. The summed E-state index contributed by atoms with van der Waals surface area (Å²) in [4.78, 5) is 16.6. The van der Waals surface area contributed by atoms with E-state index < -0.39 is 6.36 Å². The molecule has 1 aliphatic heterocycles. The first-order valence-electron chi connectivity index (χ1n) is 12.2. The summed E-state index contributed by atoms with van der Waals surface area (Å²) < 4.78 is 41.0. The molecule has 3 aromatic carbocycles. The van der Waals surface area contributed by atoms with Crippen LogP contribution in [0.5, 0.6) is 5.75 Å². The summed E-state index contributed by atoms with van der Waals surface area (Å²) in [5, 5.41) is 22.8. The smallest absolute Gasteiger partial charge is 0.406 e. The van der Waals surface area contributed by atoms with Gasteiger partial charge in [0.15, 0.2) is 5.82 Å². The van der Waals surface area contributed by atoms with Crippen molar-refractivity contribution in [1.29, 1.82) is 5.26 Å². The zero-order valence-corrected chi connectivity index (χ0v) is 22.0. The summed E-state index contributed by atoms with van der Waals surface area (Å²) in [6.45, 7) is 3.34. The number of amides is 2. The minimum Gasteiger partial charge on any atom is -0.406 e. The number of ether oxygens (including phenoxy) is 1. The highest BCUT2D eigenvalue weighted by Crippen LogP contribution is 2.33. The first-order chi connectivity index (χ1) is 18.7. The average Bonchev–Trinajstić information content (AvgIpc) is 2.93. The van der Waals surface area contributed by atoms with Crippen LogP contribution in [0.1, 0.15) is 12.5 Å². The second-order valence-corrected chi connectivity index (χ2v) is 9.10. The number of benzene rings is 3. The number of halogens is 4. The summed E-state index contributed by atoms with van der Waals surface area (Å²) in [5.41, 5.74) is 2.50. The fraction of sp³-hybridized carbons (Fsp3) is 0.214. The van der Waals surface area contributed by atoms with Crippen LogP contribution in [0.2, 0.25) is 0 Å². The minimum absolute atomic E-state index is 0. The Morgan fingerprint density at radius 2 is 1.68 bits per heavy atom. The molecule has 2 heterocycles. The summed E-state index contributed by atoms with van der Waals surface area (Å²) in [6.07, 6.45) is -4.78. The highest BCUT2D eigenvalue weighted by atomic mass is 35.5. The number of hydrogen-bond donors (Lipinski definition) is 1. The van der Waals surface area contributed by atoms with Crippen LogP contribution in [0, 0.1) is 11.3 Å². The van der Waals surface area contributed by atoms with Gasteiger partial charge in [0.2, 0.25) is 0 Å². The normalized spacial score (nSPS) is 15.2. The molecular formula is C28H24ClF3N6O2. The monoisotopic (exact) mass is 568 g/mol. The van der Waals surface area contributed by atoms with E-state index in [9.17, 15) is 18.0 Å². The van der Waals surface area contributed by atoms with Crippen molar-refractivity contribution < 1.29 is 22.7 Å². The molecule has 8 nitrogen and oxygen atoms in total. The summed E-state index contributed by atoms with van der Waals surface area (Å²) in [6, 6.07) is 21.8. The van der Waals surface area contributed by atoms with Gasteiger partial charge >= 0.3 is 12.4 Å². The molecule has 0 spiro atoms. The van der Waals surface area contributed by atoms with E-state index in [0.717, 1.165) is 40.0 Å². The van der Waals surface area contributed by atoms with Crippen molar-refractivity contribution in [2.24, 2.45) is 0 Å². The highest BCUT2D eigenvalue weighted by Gasteiger charge is 2.31. The Bertz CT molecular complexity index is 1540. The third-order valence-corrected chi connectivity index (χ3v) is 6.48. The van der Waals surface area contributed by atoms with E-state index in [1.54, 1.807) is 17.0 Å². The van der Waals surface area contributed by atoms with Crippen molar-refractivity contribution in [3.8, 4) is 23.1 Å². The lowest BCUT2D eigenvalue weighted by atomic mass is 10.0. The number of nitrogens with zero attached hydrogens (tertiary/aromatic N) is 5. The van der Waals surface area contributed by atoms with Crippen LogP contribution in [0.3, 0.4) is 0 Å². The van der Waals surface area contributed by atoms with Crippen LogP contribution in [-0.2, 0) is 0 Å². The molecule has 1 N–H and O–H groups in total. The topological polar surface area (TPSA) is 94.4 Å². The van der Waals surface area contributed by atoms with Crippen molar-refractivity contribution in [3.63, 3.8) is 0 Å². The first kappa shape index (κ1) is 28.4. The molecule has 1 aromatic heterocycles. The number of anilines is 2. The molecule has 2 amide bonds. The lowest BCUT2D eigenvalue weighted by molar-refractivity contribution is -0.274. The summed E-state index contributed by atoms with van der Waals surface area (Å²) in [7, 11) is 0. The molecule has 206 valence electrons. The first-order valence-corrected chi connectivity index (χ1v) is 12.2. The van der Waals surface area contributed by atoms with Crippen molar-refractivity contribution in [3.05, 3.63) is 78.4 Å². The van der Waals surface area contributed by atoms with Crippen molar-refractivity contribution in [2.75, 3.05) is 29.9 Å². The van der Waals surface area contributed by atoms with Gasteiger partial charge in [-0.3, -0.25) is 0 Å². The zero-order chi connectivity index (χ0) is 27.6. The fourth-order valence-electron chi connectivity index (χ4n) is 4.62. The predicted molar refractivity (Wildman–Crippen MR) is 147 cm³/mol. The standard InChI is InChI=1S/C28H23F3N6O2.ClH/c1-18-17-36(27(38)33-21-10-12-22(13-11-21)39-28(29,30)31)14-15-37(18)26-24-5-3-2-4-23(24)25(34-35-26)20-8-6-19(16-32)7-9-20;/h2-13,18H,14-15,17H2,1H3,(H,33,38);1H/t18-;/m0./s1. The van der Waals surface area contributed by atoms with Crippen LogP contribution in [-0.4, -0.2) is 53.2 Å². The molecule has 1 aliphatic rings.